The van der Waals surface area contributed by atoms with Crippen LogP contribution in [0.4, 0.5) is 20.3 Å². The normalized spacial score (nSPS) is 13.1. The summed E-state index contributed by atoms with van der Waals surface area (Å²) in [5.74, 6) is 0.824. The maximum Gasteiger partial charge on any atom is 0.415 e. The van der Waals surface area contributed by atoms with Gasteiger partial charge in [0.15, 0.2) is 18.0 Å². The Labute approximate surface area is 209 Å². The van der Waals surface area contributed by atoms with Gasteiger partial charge in [-0.1, -0.05) is 13.8 Å². The molecule has 1 saturated carbocycles. The van der Waals surface area contributed by atoms with Gasteiger partial charge in [-0.3, -0.25) is 9.69 Å². The molecule has 1 aliphatic rings. The SMILES string of the molecule is CC.Cc1cc(N(C)C(=O)OC(C)(C)C)ncc1-c1cn(SF)c2nc(NC(=O)C3CC3)ccc12. The van der Waals surface area contributed by atoms with Crippen LogP contribution in [0.2, 0.25) is 0 Å². The Morgan fingerprint density at radius 1 is 1.23 bits per heavy atom. The van der Waals surface area contributed by atoms with Crippen molar-refractivity contribution >= 4 is 47.0 Å². The highest BCUT2D eigenvalue weighted by molar-refractivity contribution is 7.92. The Kier molecular flexibility index (Phi) is 8.04. The maximum absolute atomic E-state index is 13.7. The fraction of sp³-hybridized carbons (Fsp3) is 0.440. The van der Waals surface area contributed by atoms with Crippen molar-refractivity contribution in [2.75, 3.05) is 17.3 Å². The van der Waals surface area contributed by atoms with E-state index >= 15 is 0 Å². The van der Waals surface area contributed by atoms with Gasteiger partial charge >= 0.3 is 6.09 Å². The van der Waals surface area contributed by atoms with Crippen LogP contribution >= 0.6 is 12.3 Å². The number of ether oxygens (including phenoxy) is 1. The number of carbonyl (C=O) groups excluding carboxylic acids is 2. The van der Waals surface area contributed by atoms with Crippen molar-refractivity contribution < 1.29 is 18.2 Å². The molecule has 35 heavy (non-hydrogen) atoms. The van der Waals surface area contributed by atoms with Crippen LogP contribution < -0.4 is 10.2 Å². The third-order valence-electron chi connectivity index (χ3n) is 5.29. The predicted molar refractivity (Wildman–Crippen MR) is 139 cm³/mol. The summed E-state index contributed by atoms with van der Waals surface area (Å²) in [6.07, 6.45) is 4.57. The first-order chi connectivity index (χ1) is 16.6. The first-order valence-corrected chi connectivity index (χ1v) is 12.3. The standard InChI is InChI=1S/C23H26FN5O3S.C2H6/c1-13-10-19(28(5)22(31)32-23(2,3)4)25-11-16(13)17-12-29(33-24)20-15(17)8-9-18(26-20)27-21(30)14-6-7-14;1-2/h8-12,14H,6-7H2,1-5H3,(H,26,27,30);1-2H3. The second-order valence-electron chi connectivity index (χ2n) is 9.17. The van der Waals surface area contributed by atoms with E-state index in [-0.39, 0.29) is 24.2 Å². The first kappa shape index (κ1) is 26.5. The Hall–Kier alpha value is -3.14. The first-order valence-electron chi connectivity index (χ1n) is 11.6. The molecule has 10 heteroatoms. The van der Waals surface area contributed by atoms with Gasteiger partial charge in [-0.2, -0.15) is 0 Å². The average molecular weight is 502 g/mol. The lowest BCUT2D eigenvalue weighted by Gasteiger charge is -2.24. The largest absolute Gasteiger partial charge is 0.443 e. The molecule has 3 heterocycles. The summed E-state index contributed by atoms with van der Waals surface area (Å²) in [5.41, 5.74) is 2.17. The zero-order chi connectivity index (χ0) is 25.9. The third-order valence-corrected chi connectivity index (χ3v) is 5.72. The van der Waals surface area contributed by atoms with Gasteiger partial charge in [0.05, 0.1) is 0 Å². The quantitative estimate of drug-likeness (QED) is 0.427. The summed E-state index contributed by atoms with van der Waals surface area (Å²) >= 11 is 0.0347. The summed E-state index contributed by atoms with van der Waals surface area (Å²) in [6, 6.07) is 5.31. The van der Waals surface area contributed by atoms with Gasteiger partial charge in [-0.25, -0.2) is 18.7 Å². The number of carbonyl (C=O) groups is 2. The Morgan fingerprint density at radius 2 is 1.91 bits per heavy atom. The van der Waals surface area contributed by atoms with Crippen molar-refractivity contribution in [1.29, 1.82) is 0 Å². The minimum absolute atomic E-state index is 0.0347. The molecule has 4 rings (SSSR count). The number of nitrogens with one attached hydrogen (secondary N) is 1. The molecule has 0 saturated heterocycles. The van der Waals surface area contributed by atoms with Crippen molar-refractivity contribution in [3.8, 4) is 11.1 Å². The average Bonchev–Trinajstić information content (AvgIpc) is 3.60. The number of rotatable bonds is 5. The smallest absolute Gasteiger partial charge is 0.415 e. The lowest BCUT2D eigenvalue weighted by atomic mass is 10.0. The van der Waals surface area contributed by atoms with Gasteiger partial charge in [0, 0.05) is 41.9 Å². The monoisotopic (exact) mass is 501 g/mol. The third kappa shape index (κ3) is 6.11. The lowest BCUT2D eigenvalue weighted by Crippen LogP contribution is -2.34. The number of fused-ring (bicyclic) bond motifs is 1. The van der Waals surface area contributed by atoms with Crippen molar-refractivity contribution in [2.24, 2.45) is 5.92 Å². The van der Waals surface area contributed by atoms with Crippen LogP contribution in [0, 0.1) is 12.8 Å². The molecule has 188 valence electrons. The maximum atomic E-state index is 13.7. The van der Waals surface area contributed by atoms with Gasteiger partial charge < -0.3 is 10.1 Å². The fourth-order valence-corrected chi connectivity index (χ4v) is 3.77. The van der Waals surface area contributed by atoms with Gasteiger partial charge in [0.1, 0.15) is 17.2 Å². The highest BCUT2D eigenvalue weighted by Crippen LogP contribution is 2.36. The molecule has 1 aliphatic carbocycles. The van der Waals surface area contributed by atoms with Crippen LogP contribution in [-0.4, -0.2) is 38.6 Å². The number of nitrogens with zero attached hydrogens (tertiary/aromatic N) is 4. The van der Waals surface area contributed by atoms with Gasteiger partial charge in [-0.05, 0) is 64.3 Å². The van der Waals surface area contributed by atoms with E-state index in [1.807, 2.05) is 26.8 Å². The fourth-order valence-electron chi connectivity index (χ4n) is 3.42. The van der Waals surface area contributed by atoms with Crippen molar-refractivity contribution in [1.82, 2.24) is 13.9 Å². The van der Waals surface area contributed by atoms with Crippen LogP contribution in [0.5, 0.6) is 0 Å². The number of pyridine rings is 2. The molecule has 0 unspecified atom stereocenters. The van der Waals surface area contributed by atoms with Crippen molar-refractivity contribution in [3.63, 3.8) is 0 Å². The van der Waals surface area contributed by atoms with Crippen molar-refractivity contribution in [2.45, 2.75) is 60.0 Å². The van der Waals surface area contributed by atoms with Crippen LogP contribution in [0.15, 0.2) is 30.6 Å². The Balaban J connectivity index is 0.00000167. The lowest BCUT2D eigenvalue weighted by molar-refractivity contribution is -0.117. The van der Waals surface area contributed by atoms with E-state index in [0.717, 1.165) is 34.9 Å². The number of halogens is 1. The number of aromatic nitrogens is 3. The molecule has 3 aromatic heterocycles. The van der Waals surface area contributed by atoms with E-state index in [0.29, 0.717) is 17.3 Å². The predicted octanol–water partition coefficient (Wildman–Crippen LogP) is 6.53. The molecule has 0 atom stereocenters. The molecule has 0 spiro atoms. The zero-order valence-electron chi connectivity index (χ0n) is 21.2. The molecular weight excluding hydrogens is 469 g/mol. The molecule has 3 aromatic rings. The van der Waals surface area contributed by atoms with Crippen LogP contribution in [0.3, 0.4) is 0 Å². The van der Waals surface area contributed by atoms with Gasteiger partial charge in [0.25, 0.3) is 0 Å². The van der Waals surface area contributed by atoms with Gasteiger partial charge in [0.2, 0.25) is 5.91 Å². The van der Waals surface area contributed by atoms with E-state index in [1.54, 1.807) is 52.3 Å². The Morgan fingerprint density at radius 3 is 2.49 bits per heavy atom. The molecule has 1 fully saturated rings. The number of hydrogen-bond donors (Lipinski definition) is 1. The second-order valence-corrected chi connectivity index (χ2v) is 9.70. The van der Waals surface area contributed by atoms with E-state index in [9.17, 15) is 13.5 Å². The number of aryl methyl sites for hydroxylation is 1. The zero-order valence-corrected chi connectivity index (χ0v) is 22.0. The summed E-state index contributed by atoms with van der Waals surface area (Å²) < 4.78 is 20.4. The Bertz CT molecular complexity index is 1230. The summed E-state index contributed by atoms with van der Waals surface area (Å²) in [5, 5.41) is 3.52. The molecular formula is C25H32FN5O3S. The van der Waals surface area contributed by atoms with E-state index in [2.05, 4.69) is 15.3 Å². The molecule has 0 bridgehead atoms. The topological polar surface area (TPSA) is 89.3 Å². The summed E-state index contributed by atoms with van der Waals surface area (Å²) in [7, 11) is 1.60. The molecule has 1 N–H and O–H groups in total. The minimum Gasteiger partial charge on any atom is -0.443 e. The van der Waals surface area contributed by atoms with E-state index in [4.69, 9.17) is 4.74 Å². The molecule has 2 amide bonds. The van der Waals surface area contributed by atoms with Crippen LogP contribution in [0.1, 0.15) is 53.0 Å². The number of hydrogen-bond acceptors (Lipinski definition) is 6. The van der Waals surface area contributed by atoms with Gasteiger partial charge in [-0.15, -0.1) is 3.89 Å². The molecule has 0 aromatic carbocycles. The molecule has 8 nitrogen and oxygen atoms in total. The molecule has 0 radical (unpaired) electrons. The number of anilines is 2. The van der Waals surface area contributed by atoms with Crippen LogP contribution in [-0.2, 0) is 9.53 Å². The van der Waals surface area contributed by atoms with Crippen LogP contribution in [0.25, 0.3) is 22.2 Å². The number of amides is 2. The summed E-state index contributed by atoms with van der Waals surface area (Å²) in [4.78, 5) is 34.7. The van der Waals surface area contributed by atoms with E-state index < -0.39 is 11.7 Å². The minimum atomic E-state index is -0.615. The summed E-state index contributed by atoms with van der Waals surface area (Å²) in [6.45, 7) is 11.3. The van der Waals surface area contributed by atoms with E-state index in [1.165, 1.54) is 8.87 Å². The highest BCUT2D eigenvalue weighted by Gasteiger charge is 2.30. The second kappa shape index (κ2) is 10.6. The highest BCUT2D eigenvalue weighted by atomic mass is 32.2. The molecule has 0 aliphatic heterocycles. The van der Waals surface area contributed by atoms with Crippen molar-refractivity contribution in [3.05, 3.63) is 36.2 Å².